The monoisotopic (exact) mass is 309 g/mol. The number of halogens is 1. The van der Waals surface area contributed by atoms with Crippen molar-refractivity contribution >= 4 is 15.9 Å². The first-order valence-electron chi connectivity index (χ1n) is 5.74. The van der Waals surface area contributed by atoms with E-state index in [4.69, 9.17) is 9.26 Å². The SMILES string of the molecule is Brc1ccc2c(c1)C(NCc1ncon1)CCO2. The fraction of sp³-hybridized carbons (Fsp3) is 0.333. The number of benzene rings is 1. The maximum atomic E-state index is 5.64. The van der Waals surface area contributed by atoms with Gasteiger partial charge >= 0.3 is 0 Å². The van der Waals surface area contributed by atoms with E-state index >= 15 is 0 Å². The highest BCUT2D eigenvalue weighted by Gasteiger charge is 2.21. The number of aromatic nitrogens is 2. The number of hydrogen-bond acceptors (Lipinski definition) is 5. The van der Waals surface area contributed by atoms with Gasteiger partial charge in [-0.25, -0.2) is 0 Å². The minimum atomic E-state index is 0.254. The predicted molar refractivity (Wildman–Crippen MR) is 68.1 cm³/mol. The maximum absolute atomic E-state index is 5.64. The van der Waals surface area contributed by atoms with Gasteiger partial charge in [0.2, 0.25) is 6.39 Å². The van der Waals surface area contributed by atoms with Crippen LogP contribution in [0, 0.1) is 0 Å². The molecule has 2 heterocycles. The van der Waals surface area contributed by atoms with Gasteiger partial charge in [-0.15, -0.1) is 0 Å². The van der Waals surface area contributed by atoms with Crippen molar-refractivity contribution in [1.29, 1.82) is 0 Å². The first kappa shape index (κ1) is 11.7. The molecule has 1 aromatic carbocycles. The largest absolute Gasteiger partial charge is 0.493 e. The van der Waals surface area contributed by atoms with Crippen LogP contribution in [0.1, 0.15) is 23.9 Å². The van der Waals surface area contributed by atoms with E-state index in [1.54, 1.807) is 0 Å². The van der Waals surface area contributed by atoms with Crippen molar-refractivity contribution < 1.29 is 9.26 Å². The summed E-state index contributed by atoms with van der Waals surface area (Å²) in [6.07, 6.45) is 2.27. The van der Waals surface area contributed by atoms with E-state index in [9.17, 15) is 0 Å². The fourth-order valence-electron chi connectivity index (χ4n) is 2.06. The zero-order valence-corrected chi connectivity index (χ0v) is 11.2. The molecule has 0 spiro atoms. The minimum absolute atomic E-state index is 0.254. The molecule has 1 unspecified atom stereocenters. The number of nitrogens with zero attached hydrogens (tertiary/aromatic N) is 2. The van der Waals surface area contributed by atoms with E-state index in [-0.39, 0.29) is 6.04 Å². The third-order valence-electron chi connectivity index (χ3n) is 2.92. The Hall–Kier alpha value is -1.40. The van der Waals surface area contributed by atoms with E-state index in [2.05, 4.69) is 37.5 Å². The normalized spacial score (nSPS) is 18.2. The Labute approximate surface area is 113 Å². The molecular weight excluding hydrogens is 298 g/mol. The van der Waals surface area contributed by atoms with Crippen LogP contribution in [-0.4, -0.2) is 16.7 Å². The average Bonchev–Trinajstić information content (AvgIpc) is 2.89. The van der Waals surface area contributed by atoms with Crippen molar-refractivity contribution in [2.24, 2.45) is 0 Å². The molecule has 18 heavy (non-hydrogen) atoms. The summed E-state index contributed by atoms with van der Waals surface area (Å²) < 4.78 is 11.4. The lowest BCUT2D eigenvalue weighted by molar-refractivity contribution is 0.251. The van der Waals surface area contributed by atoms with Gasteiger partial charge in [-0.05, 0) is 18.2 Å². The molecule has 0 saturated carbocycles. The second-order valence-corrected chi connectivity index (χ2v) is 5.02. The van der Waals surface area contributed by atoms with Crippen molar-refractivity contribution in [3.63, 3.8) is 0 Å². The fourth-order valence-corrected chi connectivity index (χ4v) is 2.44. The van der Waals surface area contributed by atoms with Crippen LogP contribution >= 0.6 is 15.9 Å². The molecule has 3 rings (SSSR count). The Morgan fingerprint density at radius 2 is 2.39 bits per heavy atom. The molecule has 94 valence electrons. The van der Waals surface area contributed by atoms with Gasteiger partial charge in [-0.1, -0.05) is 21.1 Å². The van der Waals surface area contributed by atoms with E-state index in [1.165, 1.54) is 12.0 Å². The van der Waals surface area contributed by atoms with Gasteiger partial charge < -0.3 is 14.6 Å². The Kier molecular flexibility index (Phi) is 3.29. The van der Waals surface area contributed by atoms with Crippen molar-refractivity contribution in [3.8, 4) is 5.75 Å². The van der Waals surface area contributed by atoms with Gasteiger partial charge in [0.1, 0.15) is 5.75 Å². The second-order valence-electron chi connectivity index (χ2n) is 4.10. The Bertz CT molecular complexity index is 530. The molecule has 0 aliphatic carbocycles. The molecule has 5 nitrogen and oxygen atoms in total. The molecule has 1 aromatic heterocycles. The van der Waals surface area contributed by atoms with Gasteiger partial charge in [0.05, 0.1) is 13.2 Å². The third-order valence-corrected chi connectivity index (χ3v) is 3.42. The van der Waals surface area contributed by atoms with Crippen LogP contribution in [0.4, 0.5) is 0 Å². The summed E-state index contributed by atoms with van der Waals surface area (Å²) in [5, 5.41) is 7.21. The molecule has 0 fully saturated rings. The van der Waals surface area contributed by atoms with E-state index < -0.39 is 0 Å². The zero-order valence-electron chi connectivity index (χ0n) is 9.60. The van der Waals surface area contributed by atoms with Crippen molar-refractivity contribution in [2.45, 2.75) is 19.0 Å². The van der Waals surface area contributed by atoms with Crippen LogP contribution < -0.4 is 10.1 Å². The summed E-state index contributed by atoms with van der Waals surface area (Å²) in [7, 11) is 0. The van der Waals surface area contributed by atoms with Gasteiger partial charge in [0, 0.05) is 22.5 Å². The second kappa shape index (κ2) is 5.07. The quantitative estimate of drug-likeness (QED) is 0.943. The van der Waals surface area contributed by atoms with Crippen molar-refractivity contribution in [1.82, 2.24) is 15.5 Å². The highest BCUT2D eigenvalue weighted by atomic mass is 79.9. The van der Waals surface area contributed by atoms with Gasteiger partial charge in [0.25, 0.3) is 0 Å². The number of hydrogen-bond donors (Lipinski definition) is 1. The lowest BCUT2D eigenvalue weighted by Crippen LogP contribution is -2.27. The summed E-state index contributed by atoms with van der Waals surface area (Å²) in [4.78, 5) is 3.99. The molecule has 2 aromatic rings. The molecule has 0 amide bonds. The Morgan fingerprint density at radius 3 is 3.22 bits per heavy atom. The number of ether oxygens (including phenoxy) is 1. The van der Waals surface area contributed by atoms with Crippen LogP contribution in [0.5, 0.6) is 5.75 Å². The average molecular weight is 310 g/mol. The van der Waals surface area contributed by atoms with Gasteiger partial charge in [0.15, 0.2) is 5.82 Å². The minimum Gasteiger partial charge on any atom is -0.493 e. The maximum Gasteiger partial charge on any atom is 0.213 e. The number of fused-ring (bicyclic) bond motifs is 1. The molecule has 0 saturated heterocycles. The molecule has 0 radical (unpaired) electrons. The van der Waals surface area contributed by atoms with E-state index in [0.717, 1.165) is 23.2 Å². The highest BCUT2D eigenvalue weighted by Crippen LogP contribution is 2.34. The van der Waals surface area contributed by atoms with Crippen LogP contribution in [0.3, 0.4) is 0 Å². The van der Waals surface area contributed by atoms with Crippen LogP contribution in [0.2, 0.25) is 0 Å². The molecule has 1 aliphatic heterocycles. The van der Waals surface area contributed by atoms with E-state index in [0.29, 0.717) is 12.4 Å². The van der Waals surface area contributed by atoms with Gasteiger partial charge in [-0.3, -0.25) is 0 Å². The summed E-state index contributed by atoms with van der Waals surface area (Å²) >= 11 is 3.48. The predicted octanol–water partition coefficient (Wildman–Crippen LogP) is 2.45. The summed E-state index contributed by atoms with van der Waals surface area (Å²) in [6.45, 7) is 1.31. The molecule has 1 atom stereocenters. The van der Waals surface area contributed by atoms with Crippen LogP contribution in [0.15, 0.2) is 33.6 Å². The van der Waals surface area contributed by atoms with E-state index in [1.807, 2.05) is 12.1 Å². The summed E-state index contributed by atoms with van der Waals surface area (Å²) in [6, 6.07) is 6.31. The lowest BCUT2D eigenvalue weighted by atomic mass is 10.0. The zero-order chi connectivity index (χ0) is 12.4. The summed E-state index contributed by atoms with van der Waals surface area (Å²) in [5.41, 5.74) is 1.17. The molecule has 6 heteroatoms. The summed E-state index contributed by atoms with van der Waals surface area (Å²) in [5.74, 6) is 1.60. The Morgan fingerprint density at radius 1 is 1.44 bits per heavy atom. The highest BCUT2D eigenvalue weighted by molar-refractivity contribution is 9.10. The van der Waals surface area contributed by atoms with Crippen molar-refractivity contribution in [2.75, 3.05) is 6.61 Å². The molecule has 1 N–H and O–H groups in total. The first-order chi connectivity index (χ1) is 8.83. The number of nitrogens with one attached hydrogen (secondary N) is 1. The third kappa shape index (κ3) is 2.39. The topological polar surface area (TPSA) is 60.2 Å². The first-order valence-corrected chi connectivity index (χ1v) is 6.53. The molecule has 1 aliphatic rings. The lowest BCUT2D eigenvalue weighted by Gasteiger charge is -2.26. The van der Waals surface area contributed by atoms with Crippen LogP contribution in [-0.2, 0) is 6.54 Å². The van der Waals surface area contributed by atoms with Crippen molar-refractivity contribution in [3.05, 3.63) is 40.5 Å². The number of rotatable bonds is 3. The molecule has 0 bridgehead atoms. The smallest absolute Gasteiger partial charge is 0.213 e. The standard InChI is InChI=1S/C12H12BrN3O2/c13-8-1-2-11-9(5-8)10(3-4-17-11)14-6-12-15-7-18-16-12/h1-2,5,7,10,14H,3-4,6H2. The van der Waals surface area contributed by atoms with Crippen LogP contribution in [0.25, 0.3) is 0 Å². The Balaban J connectivity index is 1.76. The molecular formula is C12H12BrN3O2. The van der Waals surface area contributed by atoms with Gasteiger partial charge in [-0.2, -0.15) is 4.98 Å².